The molecule has 3 amide bonds. The van der Waals surface area contributed by atoms with Crippen LogP contribution in [0.3, 0.4) is 0 Å². The number of carbonyl (C=O) groups is 4. The van der Waals surface area contributed by atoms with Crippen LogP contribution in [0.1, 0.15) is 79.6 Å². The fraction of sp³-hybridized carbons (Fsp3) is 0.452. The lowest BCUT2D eigenvalue weighted by Gasteiger charge is -2.16. The maximum Gasteiger partial charge on any atom is 0.264 e. The van der Waals surface area contributed by atoms with Gasteiger partial charge < -0.3 is 9.88 Å². The van der Waals surface area contributed by atoms with Crippen molar-refractivity contribution in [2.24, 2.45) is 11.8 Å². The number of rotatable bonds is 18. The van der Waals surface area contributed by atoms with Crippen LogP contribution in [-0.4, -0.2) is 53.2 Å². The normalized spacial score (nSPS) is 12.1. The minimum atomic E-state index is -4.29. The Hall–Kier alpha value is -3.59. The molecule has 0 aliphatic carbocycles. The van der Waals surface area contributed by atoms with Crippen LogP contribution in [0.2, 0.25) is 5.15 Å². The summed E-state index contributed by atoms with van der Waals surface area (Å²) >= 11 is 8.13. The van der Waals surface area contributed by atoms with Crippen LogP contribution in [0.4, 0.5) is 0 Å². The average Bonchev–Trinajstić information content (AvgIpc) is 3.64. The number of hydrogen-bond acceptors (Lipinski definition) is 9. The number of unbranched alkanes of at least 4 members (excludes halogenated alkanes) is 1. The summed E-state index contributed by atoms with van der Waals surface area (Å²) in [5, 5.41) is 13.3. The van der Waals surface area contributed by atoms with Crippen LogP contribution < -0.4 is 15.5 Å². The summed E-state index contributed by atoms with van der Waals surface area (Å²) in [4.78, 5) is 55.4. The second kappa shape index (κ2) is 17.4. The monoisotopic (exact) mass is 693 g/mol. The molecule has 250 valence electrons. The van der Waals surface area contributed by atoms with Crippen molar-refractivity contribution < 1.29 is 32.8 Å². The van der Waals surface area contributed by atoms with Gasteiger partial charge in [0.25, 0.3) is 21.8 Å². The molecule has 2 heterocycles. The van der Waals surface area contributed by atoms with Gasteiger partial charge in [-0.3, -0.25) is 24.4 Å². The molecule has 1 unspecified atom stereocenters. The molecule has 0 saturated carbocycles. The third-order valence-corrected chi connectivity index (χ3v) is 9.71. The summed E-state index contributed by atoms with van der Waals surface area (Å²) in [6, 6.07) is 9.83. The van der Waals surface area contributed by atoms with E-state index in [9.17, 15) is 27.6 Å². The highest BCUT2D eigenvalue weighted by molar-refractivity contribution is 7.90. The smallest absolute Gasteiger partial charge is 0.264 e. The van der Waals surface area contributed by atoms with E-state index in [0.29, 0.717) is 36.3 Å². The number of imidazole rings is 1. The highest BCUT2D eigenvalue weighted by Gasteiger charge is 2.28. The van der Waals surface area contributed by atoms with E-state index in [1.165, 1.54) is 22.5 Å². The summed E-state index contributed by atoms with van der Waals surface area (Å²) in [6.45, 7) is 5.14. The molecule has 1 atom stereocenters. The lowest BCUT2D eigenvalue weighted by molar-refractivity contribution is -0.142. The second-order valence-electron chi connectivity index (χ2n) is 11.3. The molecule has 4 N–H and O–H groups in total. The van der Waals surface area contributed by atoms with Crippen molar-refractivity contribution in [1.29, 1.82) is 0 Å². The number of sulfonamides is 1. The number of Topliss-reactive ketones (excluding diaryl/α,β-unsaturated/α-hetero) is 1. The van der Waals surface area contributed by atoms with Crippen molar-refractivity contribution in [3.05, 3.63) is 68.9 Å². The summed E-state index contributed by atoms with van der Waals surface area (Å²) < 4.78 is 29.5. The molecule has 15 heteroatoms. The zero-order chi connectivity index (χ0) is 33.9. The number of carbonyl (C=O) groups excluding carboxylic acids is 4. The van der Waals surface area contributed by atoms with Crippen molar-refractivity contribution >= 4 is 56.5 Å². The van der Waals surface area contributed by atoms with E-state index in [1.807, 2.05) is 22.2 Å². The molecule has 2 aromatic heterocycles. The van der Waals surface area contributed by atoms with Gasteiger partial charge in [0.15, 0.2) is 10.9 Å². The number of aromatic nitrogens is 2. The number of thiophene rings is 1. The van der Waals surface area contributed by atoms with Crippen LogP contribution in [0.15, 0.2) is 46.7 Å². The molecular formula is C31H40ClN5O7S2. The summed E-state index contributed by atoms with van der Waals surface area (Å²) in [6.07, 6.45) is 4.27. The maximum atomic E-state index is 13.3. The van der Waals surface area contributed by atoms with Crippen molar-refractivity contribution in [2.45, 2.75) is 77.2 Å². The quantitative estimate of drug-likeness (QED) is 0.0660. The van der Waals surface area contributed by atoms with Crippen LogP contribution in [0.25, 0.3) is 0 Å². The van der Waals surface area contributed by atoms with E-state index in [1.54, 1.807) is 41.9 Å². The Bertz CT molecular complexity index is 1600. The minimum absolute atomic E-state index is 0.0625. The summed E-state index contributed by atoms with van der Waals surface area (Å²) in [5.41, 5.74) is 2.45. The van der Waals surface area contributed by atoms with Gasteiger partial charge in [0.1, 0.15) is 17.4 Å². The van der Waals surface area contributed by atoms with Gasteiger partial charge in [-0.25, -0.2) is 23.6 Å². The summed E-state index contributed by atoms with van der Waals surface area (Å²) in [5.74, 6) is -3.52. The number of nitrogens with one attached hydrogen (secondary N) is 3. The van der Waals surface area contributed by atoms with Gasteiger partial charge in [-0.1, -0.05) is 57.0 Å². The molecule has 0 aliphatic heterocycles. The Kier molecular flexibility index (Phi) is 13.9. The number of amides is 3. The Morgan fingerprint density at radius 2 is 1.76 bits per heavy atom. The Morgan fingerprint density at radius 1 is 1.04 bits per heavy atom. The number of nitrogens with zero attached hydrogens (tertiary/aromatic N) is 2. The van der Waals surface area contributed by atoms with Gasteiger partial charge in [0.2, 0.25) is 5.91 Å². The highest BCUT2D eigenvalue weighted by atomic mass is 35.5. The Balaban J connectivity index is 1.68. The molecule has 3 rings (SSSR count). The molecule has 12 nitrogen and oxygen atoms in total. The summed E-state index contributed by atoms with van der Waals surface area (Å²) in [7, 11) is -4.29. The first-order valence-corrected chi connectivity index (χ1v) is 17.8. The SMILES string of the molecule is CCCCc1nc(Cl)c(C(=O)CCCc2cccs2)n1Cc1ccc(S(=O)(=O)NC(=O)CNC(=O)C(CC(C)C)C(=O)NO)cc1. The topological polar surface area (TPSA) is 177 Å². The third kappa shape index (κ3) is 10.5. The van der Waals surface area contributed by atoms with E-state index in [0.717, 1.165) is 19.3 Å². The number of aryl methyl sites for hydroxylation is 2. The van der Waals surface area contributed by atoms with Crippen molar-refractivity contribution in [1.82, 2.24) is 25.1 Å². The third-order valence-electron chi connectivity index (χ3n) is 7.13. The predicted octanol–water partition coefficient (Wildman–Crippen LogP) is 4.28. The Labute approximate surface area is 278 Å². The van der Waals surface area contributed by atoms with Gasteiger partial charge in [-0.05, 0) is 60.7 Å². The van der Waals surface area contributed by atoms with E-state index >= 15 is 0 Å². The van der Waals surface area contributed by atoms with Crippen LogP contribution in [-0.2, 0) is 43.8 Å². The van der Waals surface area contributed by atoms with Gasteiger partial charge in [-0.15, -0.1) is 11.3 Å². The number of halogens is 1. The maximum absolute atomic E-state index is 13.3. The zero-order valence-electron chi connectivity index (χ0n) is 26.0. The molecule has 0 radical (unpaired) electrons. The average molecular weight is 694 g/mol. The van der Waals surface area contributed by atoms with Crippen LogP contribution >= 0.6 is 22.9 Å². The molecule has 0 spiro atoms. The van der Waals surface area contributed by atoms with Crippen LogP contribution in [0, 0.1) is 11.8 Å². The molecule has 0 fully saturated rings. The standard InChI is InChI=1S/C31H40ClN5O7S2/c1-4-5-11-26-34-29(32)28(25(38)10-6-8-22-9-7-16-45-22)37(26)19-21-12-14-23(15-13-21)46(43,44)36-27(39)18-33-30(40)24(17-20(2)3)31(41)35-42/h7,9,12-16,20,24,42H,4-6,8,10-11,17-19H2,1-3H3,(H,33,40)(H,35,41)(H,36,39). The van der Waals surface area contributed by atoms with Gasteiger partial charge in [-0.2, -0.15) is 0 Å². The first-order valence-electron chi connectivity index (χ1n) is 15.0. The van der Waals surface area contributed by atoms with Crippen LogP contribution in [0.5, 0.6) is 0 Å². The molecule has 0 saturated heterocycles. The van der Waals surface area contributed by atoms with E-state index in [-0.39, 0.29) is 34.7 Å². The van der Waals surface area contributed by atoms with E-state index < -0.39 is 40.2 Å². The van der Waals surface area contributed by atoms with Gasteiger partial charge >= 0.3 is 0 Å². The predicted molar refractivity (Wildman–Crippen MR) is 174 cm³/mol. The molecular weight excluding hydrogens is 654 g/mol. The number of ketones is 1. The largest absolute Gasteiger partial charge is 0.346 e. The molecule has 0 bridgehead atoms. The van der Waals surface area contributed by atoms with Crippen molar-refractivity contribution in [3.8, 4) is 0 Å². The second-order valence-corrected chi connectivity index (χ2v) is 14.3. The Morgan fingerprint density at radius 3 is 2.37 bits per heavy atom. The van der Waals surface area contributed by atoms with Gasteiger partial charge in [0.05, 0.1) is 11.4 Å². The number of hydrogen-bond donors (Lipinski definition) is 4. The minimum Gasteiger partial charge on any atom is -0.346 e. The van der Waals surface area contributed by atoms with Crippen molar-refractivity contribution in [2.75, 3.05) is 6.54 Å². The lowest BCUT2D eigenvalue weighted by atomic mass is 9.95. The zero-order valence-corrected chi connectivity index (χ0v) is 28.4. The first kappa shape index (κ1) is 36.9. The molecule has 46 heavy (non-hydrogen) atoms. The molecule has 0 aliphatic rings. The van der Waals surface area contributed by atoms with E-state index in [2.05, 4.69) is 17.2 Å². The molecule has 1 aromatic carbocycles. The van der Waals surface area contributed by atoms with Gasteiger partial charge in [0, 0.05) is 24.3 Å². The number of benzene rings is 1. The molecule has 3 aromatic rings. The van der Waals surface area contributed by atoms with Crippen molar-refractivity contribution in [3.63, 3.8) is 0 Å². The first-order chi connectivity index (χ1) is 21.9. The lowest BCUT2D eigenvalue weighted by Crippen LogP contribution is -2.45. The fourth-order valence-electron chi connectivity index (χ4n) is 4.80. The highest BCUT2D eigenvalue weighted by Crippen LogP contribution is 2.24. The van der Waals surface area contributed by atoms with E-state index in [4.69, 9.17) is 16.8 Å². The fourth-order valence-corrected chi connectivity index (χ4v) is 6.84. The number of hydroxylamine groups is 1.